The predicted octanol–water partition coefficient (Wildman–Crippen LogP) is 2.89. The Morgan fingerprint density at radius 1 is 1.37 bits per heavy atom. The van der Waals surface area contributed by atoms with Gasteiger partial charge in [-0.1, -0.05) is 29.8 Å². The summed E-state index contributed by atoms with van der Waals surface area (Å²) in [6.45, 7) is 6.59. The van der Waals surface area contributed by atoms with Crippen molar-refractivity contribution in [1.29, 1.82) is 0 Å². The maximum Gasteiger partial charge on any atom is 0.346 e. The average molecular weight is 330 g/mol. The fraction of sp³-hybridized carbons (Fsp3) is 0.500. The van der Waals surface area contributed by atoms with Gasteiger partial charge in [-0.3, -0.25) is 0 Å². The molecule has 0 bridgehead atoms. The van der Waals surface area contributed by atoms with Gasteiger partial charge >= 0.3 is 5.97 Å². The van der Waals surface area contributed by atoms with Crippen LogP contribution in [0.1, 0.15) is 26.3 Å². The van der Waals surface area contributed by atoms with Gasteiger partial charge in [-0.2, -0.15) is 0 Å². The first-order chi connectivity index (χ1) is 8.93. The SMILES string of the molecule is COC(=O)C(C)Oc1ccc(Br)c(CNC(C)C)c1. The molecule has 0 amide bonds. The summed E-state index contributed by atoms with van der Waals surface area (Å²) >= 11 is 3.50. The van der Waals surface area contributed by atoms with Gasteiger partial charge in [0.05, 0.1) is 7.11 Å². The number of hydrogen-bond acceptors (Lipinski definition) is 4. The molecule has 0 saturated carbocycles. The van der Waals surface area contributed by atoms with Crippen molar-refractivity contribution in [2.24, 2.45) is 0 Å². The Balaban J connectivity index is 2.75. The molecule has 0 saturated heterocycles. The highest BCUT2D eigenvalue weighted by Crippen LogP contribution is 2.23. The van der Waals surface area contributed by atoms with Gasteiger partial charge in [0.15, 0.2) is 6.10 Å². The fourth-order valence-corrected chi connectivity index (χ4v) is 1.88. The second-order valence-electron chi connectivity index (χ2n) is 4.57. The molecule has 5 heteroatoms. The van der Waals surface area contributed by atoms with Gasteiger partial charge in [0.25, 0.3) is 0 Å². The third-order valence-electron chi connectivity index (χ3n) is 2.56. The van der Waals surface area contributed by atoms with Crippen LogP contribution in [0.5, 0.6) is 5.75 Å². The monoisotopic (exact) mass is 329 g/mol. The molecule has 0 aliphatic rings. The number of methoxy groups -OCH3 is 1. The molecule has 19 heavy (non-hydrogen) atoms. The van der Waals surface area contributed by atoms with Crippen LogP contribution in [0.15, 0.2) is 22.7 Å². The summed E-state index contributed by atoms with van der Waals surface area (Å²) in [6.07, 6.45) is -0.614. The van der Waals surface area contributed by atoms with Gasteiger partial charge in [0.1, 0.15) is 5.75 Å². The molecule has 1 aromatic rings. The number of benzene rings is 1. The molecular formula is C14H20BrNO3. The number of nitrogens with one attached hydrogen (secondary N) is 1. The molecule has 4 nitrogen and oxygen atoms in total. The third-order valence-corrected chi connectivity index (χ3v) is 3.34. The van der Waals surface area contributed by atoms with E-state index in [0.717, 1.165) is 16.6 Å². The average Bonchev–Trinajstić information content (AvgIpc) is 2.38. The van der Waals surface area contributed by atoms with Crippen LogP contribution < -0.4 is 10.1 Å². The Morgan fingerprint density at radius 2 is 2.05 bits per heavy atom. The standard InChI is InChI=1S/C14H20BrNO3/c1-9(2)16-8-11-7-12(5-6-13(11)15)19-10(3)14(17)18-4/h5-7,9-10,16H,8H2,1-4H3. The molecule has 0 spiro atoms. The maximum atomic E-state index is 11.3. The topological polar surface area (TPSA) is 47.6 Å². The highest BCUT2D eigenvalue weighted by atomic mass is 79.9. The maximum absolute atomic E-state index is 11.3. The molecule has 1 N–H and O–H groups in total. The molecule has 1 unspecified atom stereocenters. The van der Waals surface area contributed by atoms with Crippen LogP contribution in [-0.4, -0.2) is 25.2 Å². The van der Waals surface area contributed by atoms with E-state index in [0.29, 0.717) is 11.8 Å². The van der Waals surface area contributed by atoms with Gasteiger partial charge in [-0.05, 0) is 30.7 Å². The van der Waals surface area contributed by atoms with Crippen molar-refractivity contribution in [3.63, 3.8) is 0 Å². The van der Waals surface area contributed by atoms with E-state index in [-0.39, 0.29) is 5.97 Å². The lowest BCUT2D eigenvalue weighted by Crippen LogP contribution is -2.25. The van der Waals surface area contributed by atoms with E-state index >= 15 is 0 Å². The smallest absolute Gasteiger partial charge is 0.346 e. The zero-order chi connectivity index (χ0) is 14.4. The molecule has 106 valence electrons. The Hall–Kier alpha value is -1.07. The van der Waals surface area contributed by atoms with E-state index < -0.39 is 6.10 Å². The molecule has 1 rings (SSSR count). The first kappa shape index (κ1) is 16.0. The third kappa shape index (κ3) is 5.20. The Bertz CT molecular complexity index is 435. The van der Waals surface area contributed by atoms with E-state index in [9.17, 15) is 4.79 Å². The minimum absolute atomic E-state index is 0.384. The number of rotatable bonds is 6. The molecule has 0 radical (unpaired) electrons. The Kier molecular flexibility index (Phi) is 6.31. The Labute approximate surface area is 122 Å². The predicted molar refractivity (Wildman–Crippen MR) is 78.2 cm³/mol. The number of hydrogen-bond donors (Lipinski definition) is 1. The number of halogens is 1. The summed E-state index contributed by atoms with van der Waals surface area (Å²) in [4.78, 5) is 11.3. The molecule has 0 aliphatic heterocycles. The summed E-state index contributed by atoms with van der Waals surface area (Å²) < 4.78 is 11.2. The quantitative estimate of drug-likeness (QED) is 0.815. The molecular weight excluding hydrogens is 310 g/mol. The van der Waals surface area contributed by atoms with Crippen molar-refractivity contribution in [3.8, 4) is 5.75 Å². The number of ether oxygens (including phenoxy) is 2. The summed E-state index contributed by atoms with van der Waals surface area (Å²) in [5, 5.41) is 3.34. The second-order valence-corrected chi connectivity index (χ2v) is 5.43. The second kappa shape index (κ2) is 7.50. The number of esters is 1. The highest BCUT2D eigenvalue weighted by Gasteiger charge is 2.15. The molecule has 0 fully saturated rings. The summed E-state index contributed by atoms with van der Waals surface area (Å²) in [5.41, 5.74) is 1.09. The van der Waals surface area contributed by atoms with Crippen molar-refractivity contribution >= 4 is 21.9 Å². The zero-order valence-electron chi connectivity index (χ0n) is 11.7. The summed E-state index contributed by atoms with van der Waals surface area (Å²) in [5.74, 6) is 0.270. The lowest BCUT2D eigenvalue weighted by atomic mass is 10.2. The van der Waals surface area contributed by atoms with Gasteiger partial charge in [0, 0.05) is 17.1 Å². The largest absolute Gasteiger partial charge is 0.479 e. The highest BCUT2D eigenvalue weighted by molar-refractivity contribution is 9.10. The van der Waals surface area contributed by atoms with Crippen LogP contribution in [0.2, 0.25) is 0 Å². The van der Waals surface area contributed by atoms with E-state index in [4.69, 9.17) is 4.74 Å². The van der Waals surface area contributed by atoms with E-state index in [1.165, 1.54) is 7.11 Å². The van der Waals surface area contributed by atoms with Crippen molar-refractivity contribution < 1.29 is 14.3 Å². The molecule has 1 aromatic carbocycles. The Morgan fingerprint density at radius 3 is 2.63 bits per heavy atom. The minimum Gasteiger partial charge on any atom is -0.479 e. The van der Waals surface area contributed by atoms with Crippen LogP contribution in [0, 0.1) is 0 Å². The minimum atomic E-state index is -0.614. The van der Waals surface area contributed by atoms with E-state index in [2.05, 4.69) is 39.8 Å². The number of carbonyl (C=O) groups is 1. The first-order valence-corrected chi connectivity index (χ1v) is 6.99. The lowest BCUT2D eigenvalue weighted by Gasteiger charge is -2.15. The van der Waals surface area contributed by atoms with Gasteiger partial charge in [-0.15, -0.1) is 0 Å². The molecule has 1 atom stereocenters. The lowest BCUT2D eigenvalue weighted by molar-refractivity contribution is -0.147. The summed E-state index contributed by atoms with van der Waals surface area (Å²) in [7, 11) is 1.35. The molecule has 0 aromatic heterocycles. The molecule has 0 heterocycles. The fourth-order valence-electron chi connectivity index (χ4n) is 1.49. The van der Waals surface area contributed by atoms with Crippen LogP contribution in [0.25, 0.3) is 0 Å². The van der Waals surface area contributed by atoms with Crippen LogP contribution in [0.4, 0.5) is 0 Å². The van der Waals surface area contributed by atoms with Gasteiger partial charge < -0.3 is 14.8 Å². The zero-order valence-corrected chi connectivity index (χ0v) is 13.3. The summed E-state index contributed by atoms with van der Waals surface area (Å²) in [6, 6.07) is 6.06. The normalized spacial score (nSPS) is 12.3. The van der Waals surface area contributed by atoms with Crippen molar-refractivity contribution in [2.75, 3.05) is 7.11 Å². The van der Waals surface area contributed by atoms with E-state index in [1.807, 2.05) is 18.2 Å². The first-order valence-electron chi connectivity index (χ1n) is 6.20. The van der Waals surface area contributed by atoms with Crippen LogP contribution in [0.3, 0.4) is 0 Å². The van der Waals surface area contributed by atoms with Crippen molar-refractivity contribution in [2.45, 2.75) is 39.5 Å². The number of carbonyl (C=O) groups excluding carboxylic acids is 1. The molecule has 0 aliphatic carbocycles. The van der Waals surface area contributed by atoms with Gasteiger partial charge in [-0.25, -0.2) is 4.79 Å². The van der Waals surface area contributed by atoms with Gasteiger partial charge in [0.2, 0.25) is 0 Å². The van der Waals surface area contributed by atoms with Crippen LogP contribution >= 0.6 is 15.9 Å². The van der Waals surface area contributed by atoms with Crippen molar-refractivity contribution in [3.05, 3.63) is 28.2 Å². The van der Waals surface area contributed by atoms with Crippen LogP contribution in [-0.2, 0) is 16.1 Å². The van der Waals surface area contributed by atoms with Crippen molar-refractivity contribution in [1.82, 2.24) is 5.32 Å². The van der Waals surface area contributed by atoms with E-state index in [1.54, 1.807) is 6.92 Å².